The summed E-state index contributed by atoms with van der Waals surface area (Å²) in [6, 6.07) is 11.1. The molecule has 1 aliphatic rings. The summed E-state index contributed by atoms with van der Waals surface area (Å²) < 4.78 is 37.7. The molecule has 0 bridgehead atoms. The van der Waals surface area contributed by atoms with Gasteiger partial charge < -0.3 is 9.47 Å². The standard InChI is InChI=1S/C18H19NO5S/c1-2-3-13-4-7-15(8-5-13)25(21,22)19-18(20)14-6-9-16-17(12-14)24-11-10-23-16/h4-9,12H,2-3,10-11H2,1H3,(H,19,20). The Morgan fingerprint density at radius 3 is 2.40 bits per heavy atom. The molecule has 1 aliphatic heterocycles. The van der Waals surface area contributed by atoms with Gasteiger partial charge in [0, 0.05) is 5.56 Å². The molecule has 2 aromatic carbocycles. The van der Waals surface area contributed by atoms with Crippen molar-refractivity contribution >= 4 is 15.9 Å². The maximum atomic E-state index is 12.4. The molecule has 7 heteroatoms. The van der Waals surface area contributed by atoms with Gasteiger partial charge in [-0.1, -0.05) is 25.5 Å². The Labute approximate surface area is 146 Å². The van der Waals surface area contributed by atoms with E-state index in [-0.39, 0.29) is 10.5 Å². The lowest BCUT2D eigenvalue weighted by atomic mass is 10.1. The zero-order valence-electron chi connectivity index (χ0n) is 13.8. The van der Waals surface area contributed by atoms with Gasteiger partial charge in [0.25, 0.3) is 15.9 Å². The third kappa shape index (κ3) is 3.93. The van der Waals surface area contributed by atoms with Crippen LogP contribution in [0.4, 0.5) is 0 Å². The van der Waals surface area contributed by atoms with E-state index >= 15 is 0 Å². The van der Waals surface area contributed by atoms with Crippen LogP contribution in [-0.4, -0.2) is 27.5 Å². The minimum Gasteiger partial charge on any atom is -0.486 e. The highest BCUT2D eigenvalue weighted by molar-refractivity contribution is 7.90. The fraction of sp³-hybridized carbons (Fsp3) is 0.278. The van der Waals surface area contributed by atoms with Crippen LogP contribution in [0, 0.1) is 0 Å². The lowest BCUT2D eigenvalue weighted by molar-refractivity contribution is 0.0980. The molecule has 0 spiro atoms. The van der Waals surface area contributed by atoms with Crippen LogP contribution in [0.3, 0.4) is 0 Å². The van der Waals surface area contributed by atoms with E-state index < -0.39 is 15.9 Å². The Kier molecular flexibility index (Phi) is 4.94. The molecule has 0 radical (unpaired) electrons. The van der Waals surface area contributed by atoms with Gasteiger partial charge in [0.15, 0.2) is 11.5 Å². The van der Waals surface area contributed by atoms with Crippen LogP contribution in [0.25, 0.3) is 0 Å². The predicted octanol–water partition coefficient (Wildman–Crippen LogP) is 2.53. The van der Waals surface area contributed by atoms with E-state index in [2.05, 4.69) is 11.6 Å². The summed E-state index contributed by atoms with van der Waals surface area (Å²) in [6.45, 7) is 2.89. The number of benzene rings is 2. The number of ether oxygens (including phenoxy) is 2. The van der Waals surface area contributed by atoms with Gasteiger partial charge in [-0.2, -0.15) is 0 Å². The lowest BCUT2D eigenvalue weighted by Gasteiger charge is -2.18. The van der Waals surface area contributed by atoms with E-state index in [1.54, 1.807) is 18.2 Å². The number of fused-ring (bicyclic) bond motifs is 1. The Morgan fingerprint density at radius 2 is 1.72 bits per heavy atom. The van der Waals surface area contributed by atoms with Gasteiger partial charge in [0.1, 0.15) is 13.2 Å². The van der Waals surface area contributed by atoms with E-state index in [4.69, 9.17) is 9.47 Å². The van der Waals surface area contributed by atoms with Crippen LogP contribution < -0.4 is 14.2 Å². The minimum absolute atomic E-state index is 0.0539. The fourth-order valence-corrected chi connectivity index (χ4v) is 3.52. The molecular weight excluding hydrogens is 342 g/mol. The number of carbonyl (C=O) groups is 1. The molecule has 0 saturated carbocycles. The zero-order valence-corrected chi connectivity index (χ0v) is 14.6. The number of amides is 1. The van der Waals surface area contributed by atoms with Gasteiger partial charge in [0.05, 0.1) is 4.90 Å². The molecule has 0 unspecified atom stereocenters. The van der Waals surface area contributed by atoms with Crippen molar-refractivity contribution in [3.8, 4) is 11.5 Å². The highest BCUT2D eigenvalue weighted by atomic mass is 32.2. The SMILES string of the molecule is CCCc1ccc(S(=O)(=O)NC(=O)c2ccc3c(c2)OCCO3)cc1. The van der Waals surface area contributed by atoms with Crippen molar-refractivity contribution in [2.75, 3.05) is 13.2 Å². The van der Waals surface area contributed by atoms with Gasteiger partial charge >= 0.3 is 0 Å². The molecule has 25 heavy (non-hydrogen) atoms. The Morgan fingerprint density at radius 1 is 1.04 bits per heavy atom. The van der Waals surface area contributed by atoms with Crippen LogP contribution >= 0.6 is 0 Å². The van der Waals surface area contributed by atoms with Crippen molar-refractivity contribution in [1.29, 1.82) is 0 Å². The summed E-state index contributed by atoms with van der Waals surface area (Å²) in [6.07, 6.45) is 1.86. The van der Waals surface area contributed by atoms with E-state index in [9.17, 15) is 13.2 Å². The number of hydrogen-bond acceptors (Lipinski definition) is 5. The highest BCUT2D eigenvalue weighted by Crippen LogP contribution is 2.30. The summed E-state index contributed by atoms with van der Waals surface area (Å²) in [5.74, 6) is 0.256. The van der Waals surface area contributed by atoms with Gasteiger partial charge in [-0.25, -0.2) is 13.1 Å². The van der Waals surface area contributed by atoms with Crippen molar-refractivity contribution in [2.45, 2.75) is 24.7 Å². The minimum atomic E-state index is -3.93. The quantitative estimate of drug-likeness (QED) is 0.885. The molecule has 0 saturated heterocycles. The average molecular weight is 361 g/mol. The molecule has 3 rings (SSSR count). The van der Waals surface area contributed by atoms with Crippen molar-refractivity contribution in [2.24, 2.45) is 0 Å². The molecule has 0 aliphatic carbocycles. The maximum absolute atomic E-state index is 12.4. The van der Waals surface area contributed by atoms with Crippen molar-refractivity contribution in [3.05, 3.63) is 53.6 Å². The van der Waals surface area contributed by atoms with Crippen LogP contribution in [0.2, 0.25) is 0 Å². The van der Waals surface area contributed by atoms with Crippen LogP contribution in [-0.2, 0) is 16.4 Å². The number of aryl methyl sites for hydroxylation is 1. The lowest BCUT2D eigenvalue weighted by Crippen LogP contribution is -2.30. The Bertz CT molecular complexity index is 875. The van der Waals surface area contributed by atoms with Crippen LogP contribution in [0.15, 0.2) is 47.4 Å². The molecule has 0 atom stereocenters. The van der Waals surface area contributed by atoms with Crippen molar-refractivity contribution in [1.82, 2.24) is 4.72 Å². The number of hydrogen-bond donors (Lipinski definition) is 1. The van der Waals surface area contributed by atoms with Crippen LogP contribution in [0.5, 0.6) is 11.5 Å². The van der Waals surface area contributed by atoms with Crippen LogP contribution in [0.1, 0.15) is 29.3 Å². The summed E-state index contributed by atoms with van der Waals surface area (Å²) in [4.78, 5) is 12.4. The van der Waals surface area contributed by atoms with Crippen molar-refractivity contribution < 1.29 is 22.7 Å². The molecule has 1 N–H and O–H groups in total. The molecule has 1 amide bonds. The molecule has 2 aromatic rings. The summed E-state index contributed by atoms with van der Waals surface area (Å²) in [5.41, 5.74) is 1.25. The second-order valence-electron chi connectivity index (χ2n) is 5.69. The fourth-order valence-electron chi connectivity index (χ4n) is 2.55. The average Bonchev–Trinajstić information content (AvgIpc) is 2.61. The molecule has 0 fully saturated rings. The summed E-state index contributed by atoms with van der Waals surface area (Å²) in [7, 11) is -3.93. The molecule has 0 aromatic heterocycles. The Balaban J connectivity index is 1.77. The number of sulfonamides is 1. The van der Waals surface area contributed by atoms with E-state index in [0.29, 0.717) is 24.7 Å². The highest BCUT2D eigenvalue weighted by Gasteiger charge is 2.21. The second-order valence-corrected chi connectivity index (χ2v) is 7.37. The predicted molar refractivity (Wildman–Crippen MR) is 92.5 cm³/mol. The number of carbonyl (C=O) groups excluding carboxylic acids is 1. The monoisotopic (exact) mass is 361 g/mol. The van der Waals surface area contributed by atoms with Gasteiger partial charge in [-0.3, -0.25) is 4.79 Å². The third-order valence-electron chi connectivity index (χ3n) is 3.80. The number of rotatable bonds is 5. The second kappa shape index (κ2) is 7.14. The Hall–Kier alpha value is -2.54. The third-order valence-corrected chi connectivity index (χ3v) is 5.15. The topological polar surface area (TPSA) is 81.7 Å². The number of nitrogens with one attached hydrogen (secondary N) is 1. The summed E-state index contributed by atoms with van der Waals surface area (Å²) >= 11 is 0. The normalized spacial score (nSPS) is 13.3. The first-order chi connectivity index (χ1) is 12.0. The first-order valence-corrected chi connectivity index (χ1v) is 9.53. The van der Waals surface area contributed by atoms with Gasteiger partial charge in [-0.05, 0) is 42.3 Å². The first kappa shape index (κ1) is 17.3. The van der Waals surface area contributed by atoms with Crippen molar-refractivity contribution in [3.63, 3.8) is 0 Å². The molecule has 6 nitrogen and oxygen atoms in total. The largest absolute Gasteiger partial charge is 0.486 e. The van der Waals surface area contributed by atoms with E-state index in [1.165, 1.54) is 24.3 Å². The molecule has 1 heterocycles. The van der Waals surface area contributed by atoms with E-state index in [0.717, 1.165) is 18.4 Å². The smallest absolute Gasteiger partial charge is 0.265 e. The molecular formula is C18H19NO5S. The molecule has 132 valence electrons. The van der Waals surface area contributed by atoms with Gasteiger partial charge in [0.2, 0.25) is 0 Å². The first-order valence-electron chi connectivity index (χ1n) is 8.05. The maximum Gasteiger partial charge on any atom is 0.265 e. The zero-order chi connectivity index (χ0) is 17.9. The summed E-state index contributed by atoms with van der Waals surface area (Å²) in [5, 5.41) is 0. The van der Waals surface area contributed by atoms with E-state index in [1.807, 2.05) is 0 Å². The van der Waals surface area contributed by atoms with Gasteiger partial charge in [-0.15, -0.1) is 0 Å².